The molecule has 78 valence electrons. The number of aromatic nitrogens is 1. The molecule has 0 amide bonds. The number of ether oxygens (including phenoxy) is 1. The van der Waals surface area contributed by atoms with Crippen molar-refractivity contribution in [2.24, 2.45) is 0 Å². The van der Waals surface area contributed by atoms with Crippen molar-refractivity contribution in [3.63, 3.8) is 0 Å². The summed E-state index contributed by atoms with van der Waals surface area (Å²) in [6, 6.07) is 0. The molecule has 1 rings (SSSR count). The molecule has 0 unspecified atom stereocenters. The number of halogens is 4. The molecule has 0 fully saturated rings. The highest BCUT2D eigenvalue weighted by Gasteiger charge is 2.18. The molecule has 0 radical (unpaired) electrons. The first-order valence-electron chi connectivity index (χ1n) is 3.67. The highest BCUT2D eigenvalue weighted by molar-refractivity contribution is 9.10. The highest BCUT2D eigenvalue weighted by Crippen LogP contribution is 2.34. The lowest BCUT2D eigenvalue weighted by atomic mass is 10.2. The minimum absolute atomic E-state index is 0.264. The van der Waals surface area contributed by atoms with Crippen molar-refractivity contribution in [3.05, 3.63) is 21.9 Å². The third-order valence-corrected chi connectivity index (χ3v) is 3.11. The number of alkyl halides is 3. The molecule has 0 saturated carbocycles. The lowest BCUT2D eigenvalue weighted by Crippen LogP contribution is -1.99. The summed E-state index contributed by atoms with van der Waals surface area (Å²) in [6.07, 6.45) is -1.30. The summed E-state index contributed by atoms with van der Waals surface area (Å²) in [5.74, 6) is 0.484. The minimum Gasteiger partial charge on any atom is -0.495 e. The average molecular weight is 331 g/mol. The van der Waals surface area contributed by atoms with Crippen LogP contribution in [0.15, 0.2) is 10.7 Å². The van der Waals surface area contributed by atoms with Crippen LogP contribution in [0.4, 0.5) is 8.78 Å². The molecule has 1 aromatic rings. The maximum absolute atomic E-state index is 12.4. The Morgan fingerprint density at radius 3 is 2.64 bits per heavy atom. The SMILES string of the molecule is COc1cnc(C(F)F)c(Br)c1CBr. The largest absolute Gasteiger partial charge is 0.495 e. The van der Waals surface area contributed by atoms with Crippen molar-refractivity contribution in [1.29, 1.82) is 0 Å². The molecule has 1 heterocycles. The molecule has 6 heteroatoms. The van der Waals surface area contributed by atoms with Crippen LogP contribution in [-0.4, -0.2) is 12.1 Å². The van der Waals surface area contributed by atoms with Crippen LogP contribution in [0, 0.1) is 0 Å². The number of pyridine rings is 1. The predicted molar refractivity (Wildman–Crippen MR) is 56.1 cm³/mol. The summed E-state index contributed by atoms with van der Waals surface area (Å²) in [5, 5.41) is 0.430. The van der Waals surface area contributed by atoms with Gasteiger partial charge in [0.2, 0.25) is 0 Å². The number of methoxy groups -OCH3 is 1. The first-order valence-corrected chi connectivity index (χ1v) is 5.58. The third-order valence-electron chi connectivity index (χ3n) is 1.67. The van der Waals surface area contributed by atoms with E-state index in [-0.39, 0.29) is 5.69 Å². The molecule has 0 atom stereocenters. The molecule has 2 nitrogen and oxygen atoms in total. The van der Waals surface area contributed by atoms with Gasteiger partial charge in [-0.05, 0) is 15.9 Å². The molecule has 0 spiro atoms. The summed E-state index contributed by atoms with van der Waals surface area (Å²) < 4.78 is 30.1. The zero-order valence-corrected chi connectivity index (χ0v) is 10.4. The molecule has 0 aliphatic carbocycles. The lowest BCUT2D eigenvalue weighted by Gasteiger charge is -2.10. The van der Waals surface area contributed by atoms with Crippen LogP contribution >= 0.6 is 31.9 Å². The van der Waals surface area contributed by atoms with Crippen molar-refractivity contribution in [3.8, 4) is 5.75 Å². The van der Waals surface area contributed by atoms with Gasteiger partial charge in [0, 0.05) is 10.9 Å². The van der Waals surface area contributed by atoms with Crippen LogP contribution in [0.1, 0.15) is 17.7 Å². The Morgan fingerprint density at radius 2 is 2.21 bits per heavy atom. The summed E-state index contributed by atoms with van der Waals surface area (Å²) in [7, 11) is 1.47. The van der Waals surface area contributed by atoms with E-state index in [1.165, 1.54) is 13.3 Å². The Morgan fingerprint density at radius 1 is 1.57 bits per heavy atom. The van der Waals surface area contributed by atoms with E-state index < -0.39 is 6.43 Å². The van der Waals surface area contributed by atoms with Crippen LogP contribution in [0.3, 0.4) is 0 Å². The molecule has 0 bridgehead atoms. The fourth-order valence-electron chi connectivity index (χ4n) is 0.978. The van der Waals surface area contributed by atoms with E-state index in [1.807, 2.05) is 0 Å². The van der Waals surface area contributed by atoms with E-state index in [2.05, 4.69) is 36.8 Å². The Bertz CT molecular complexity index is 333. The Kier molecular flexibility index (Phi) is 4.25. The lowest BCUT2D eigenvalue weighted by molar-refractivity contribution is 0.145. The summed E-state index contributed by atoms with van der Waals surface area (Å²) in [5.41, 5.74) is 0.373. The Labute approximate surface area is 96.9 Å². The number of nitrogens with zero attached hydrogens (tertiary/aromatic N) is 1. The van der Waals surface area contributed by atoms with Crippen molar-refractivity contribution < 1.29 is 13.5 Å². The molecule has 0 saturated heterocycles. The van der Waals surface area contributed by atoms with E-state index in [9.17, 15) is 8.78 Å². The van der Waals surface area contributed by atoms with E-state index in [0.29, 0.717) is 21.1 Å². The number of hydrogen-bond acceptors (Lipinski definition) is 2. The zero-order chi connectivity index (χ0) is 10.7. The maximum atomic E-state index is 12.4. The smallest absolute Gasteiger partial charge is 0.281 e. The number of rotatable bonds is 3. The van der Waals surface area contributed by atoms with E-state index in [1.54, 1.807) is 0 Å². The first kappa shape index (κ1) is 11.8. The third kappa shape index (κ3) is 2.23. The molecule has 1 aromatic heterocycles. The molecule has 0 aromatic carbocycles. The van der Waals surface area contributed by atoms with Gasteiger partial charge in [-0.1, -0.05) is 15.9 Å². The van der Waals surface area contributed by atoms with Crippen molar-refractivity contribution in [1.82, 2.24) is 4.98 Å². The first-order chi connectivity index (χ1) is 6.61. The monoisotopic (exact) mass is 329 g/mol. The number of hydrogen-bond donors (Lipinski definition) is 0. The highest BCUT2D eigenvalue weighted by atomic mass is 79.9. The summed E-state index contributed by atoms with van der Waals surface area (Å²) in [6.45, 7) is 0. The molecular weight excluding hydrogens is 324 g/mol. The van der Waals surface area contributed by atoms with E-state index in [4.69, 9.17) is 4.74 Å². The fraction of sp³-hybridized carbons (Fsp3) is 0.375. The van der Waals surface area contributed by atoms with Crippen LogP contribution < -0.4 is 4.74 Å². The summed E-state index contributed by atoms with van der Waals surface area (Å²) in [4.78, 5) is 3.61. The van der Waals surface area contributed by atoms with E-state index >= 15 is 0 Å². The topological polar surface area (TPSA) is 22.1 Å². The molecule has 0 N–H and O–H groups in total. The van der Waals surface area contributed by atoms with Gasteiger partial charge in [-0.3, -0.25) is 4.98 Å². The van der Waals surface area contributed by atoms with Crippen molar-refractivity contribution in [2.45, 2.75) is 11.8 Å². The second kappa shape index (κ2) is 5.02. The fourth-order valence-corrected chi connectivity index (χ4v) is 2.52. The van der Waals surface area contributed by atoms with Crippen molar-refractivity contribution >= 4 is 31.9 Å². The van der Waals surface area contributed by atoms with Crippen molar-refractivity contribution in [2.75, 3.05) is 7.11 Å². The van der Waals surface area contributed by atoms with Gasteiger partial charge in [0.05, 0.1) is 17.8 Å². The van der Waals surface area contributed by atoms with Crippen LogP contribution in [0.5, 0.6) is 5.75 Å². The van der Waals surface area contributed by atoms with Gasteiger partial charge in [-0.2, -0.15) is 0 Å². The molecule has 0 aliphatic heterocycles. The van der Waals surface area contributed by atoms with Gasteiger partial charge in [0.1, 0.15) is 11.4 Å². The zero-order valence-electron chi connectivity index (χ0n) is 7.23. The quantitative estimate of drug-likeness (QED) is 0.789. The second-order valence-electron chi connectivity index (χ2n) is 2.44. The molecular formula is C8H7Br2F2NO. The Balaban J connectivity index is 3.27. The Hall–Kier alpha value is -0.230. The van der Waals surface area contributed by atoms with Gasteiger partial charge >= 0.3 is 0 Å². The van der Waals surface area contributed by atoms with Gasteiger partial charge in [-0.25, -0.2) is 8.78 Å². The predicted octanol–water partition coefficient (Wildman–Crippen LogP) is 3.69. The normalized spacial score (nSPS) is 10.7. The van der Waals surface area contributed by atoms with Gasteiger partial charge < -0.3 is 4.74 Å². The van der Waals surface area contributed by atoms with Crippen LogP contribution in [0.25, 0.3) is 0 Å². The average Bonchev–Trinajstić information content (AvgIpc) is 2.16. The van der Waals surface area contributed by atoms with Gasteiger partial charge in [0.25, 0.3) is 6.43 Å². The van der Waals surface area contributed by atoms with E-state index in [0.717, 1.165) is 0 Å². The van der Waals surface area contributed by atoms with Crippen LogP contribution in [0.2, 0.25) is 0 Å². The second-order valence-corrected chi connectivity index (χ2v) is 3.79. The van der Waals surface area contributed by atoms with Crippen LogP contribution in [-0.2, 0) is 5.33 Å². The summed E-state index contributed by atoms with van der Waals surface area (Å²) >= 11 is 6.28. The molecule has 0 aliphatic rings. The minimum atomic E-state index is -2.59. The van der Waals surface area contributed by atoms with Gasteiger partial charge in [-0.15, -0.1) is 0 Å². The van der Waals surface area contributed by atoms with Gasteiger partial charge in [0.15, 0.2) is 0 Å². The molecule has 14 heavy (non-hydrogen) atoms. The maximum Gasteiger partial charge on any atom is 0.281 e. The standard InChI is InChI=1S/C8H7Br2F2NO/c1-14-5-3-13-7(8(11)12)6(10)4(5)2-9/h3,8H,2H2,1H3.